The number of nitrogens with zero attached hydrogens (tertiary/aromatic N) is 4. The minimum Gasteiger partial charge on any atom is -0.309 e. The summed E-state index contributed by atoms with van der Waals surface area (Å²) in [5, 5.41) is 4.79. The number of aromatic nitrogens is 4. The monoisotopic (exact) mass is 866 g/mol. The lowest BCUT2D eigenvalue weighted by atomic mass is 9.98. The molecule has 3 aromatic heterocycles. The van der Waals surface area contributed by atoms with E-state index in [9.17, 15) is 0 Å². The van der Waals surface area contributed by atoms with Crippen LogP contribution < -0.4 is 0 Å². The van der Waals surface area contributed by atoms with Gasteiger partial charge >= 0.3 is 0 Å². The largest absolute Gasteiger partial charge is 0.309 e. The summed E-state index contributed by atoms with van der Waals surface area (Å²) in [7, 11) is 0. The van der Waals surface area contributed by atoms with E-state index >= 15 is 0 Å². The second-order valence-corrected chi connectivity index (χ2v) is 17.4. The fraction of sp³-hybridized carbons (Fsp3) is 0. The van der Waals surface area contributed by atoms with Crippen molar-refractivity contribution in [2.24, 2.45) is 0 Å². The summed E-state index contributed by atoms with van der Waals surface area (Å²) in [6.45, 7) is 0. The molecule has 0 aliphatic rings. The van der Waals surface area contributed by atoms with Gasteiger partial charge in [0.25, 0.3) is 0 Å². The average Bonchev–Trinajstić information content (AvgIpc) is 3.94. The van der Waals surface area contributed by atoms with Crippen LogP contribution in [0.1, 0.15) is 0 Å². The molecule has 13 aromatic rings. The molecule has 0 unspecified atom stereocenters. The van der Waals surface area contributed by atoms with Gasteiger partial charge in [-0.3, -0.25) is 4.57 Å². The molecule has 0 spiro atoms. The van der Waals surface area contributed by atoms with E-state index in [0.29, 0.717) is 5.95 Å². The lowest BCUT2D eigenvalue weighted by Crippen LogP contribution is -2.04. The Kier molecular flexibility index (Phi) is 9.47. The molecular weight excluding hydrogens is 825 g/mol. The first-order chi connectivity index (χ1) is 33.7. The number of rotatable bonds is 8. The minimum absolute atomic E-state index is 0.625. The van der Waals surface area contributed by atoms with Crippen LogP contribution in [-0.2, 0) is 0 Å². The number of fused-ring (bicyclic) bond motifs is 6. The van der Waals surface area contributed by atoms with E-state index in [1.165, 1.54) is 32.9 Å². The van der Waals surface area contributed by atoms with E-state index in [4.69, 9.17) is 9.97 Å². The highest BCUT2D eigenvalue weighted by atomic mass is 15.2. The molecule has 0 fully saturated rings. The Labute approximate surface area is 394 Å². The molecule has 0 saturated heterocycles. The molecule has 0 N–H and O–H groups in total. The third-order valence-corrected chi connectivity index (χ3v) is 13.4. The maximum absolute atomic E-state index is 5.41. The molecule has 3 heterocycles. The molecule has 4 nitrogen and oxygen atoms in total. The summed E-state index contributed by atoms with van der Waals surface area (Å²) in [6.07, 6.45) is 0. The SMILES string of the molecule is c1ccc(-c2cccc(-c3cc(-c4cccc(-c5ccccc5)c4)nc(-n4c5ccccc5c5cc(-c6ccc(-c7ccc8c(c7)c7ccccc7n8-c7ccccc7)cc6)ccc54)n3)c2)cc1. The highest BCUT2D eigenvalue weighted by molar-refractivity contribution is 6.11. The van der Waals surface area contributed by atoms with Gasteiger partial charge in [-0.1, -0.05) is 188 Å². The molecule has 0 bridgehead atoms. The number of hydrogen-bond donors (Lipinski definition) is 0. The van der Waals surface area contributed by atoms with Gasteiger partial charge < -0.3 is 4.57 Å². The predicted molar refractivity (Wildman–Crippen MR) is 283 cm³/mol. The van der Waals surface area contributed by atoms with E-state index in [2.05, 4.69) is 264 Å². The first-order valence-electron chi connectivity index (χ1n) is 23.1. The van der Waals surface area contributed by atoms with E-state index in [1.54, 1.807) is 0 Å². The van der Waals surface area contributed by atoms with Crippen molar-refractivity contribution in [1.29, 1.82) is 0 Å². The Balaban J connectivity index is 0.912. The van der Waals surface area contributed by atoms with Gasteiger partial charge in [-0.05, 0) is 111 Å². The molecule has 68 heavy (non-hydrogen) atoms. The molecule has 13 rings (SSSR count). The normalized spacial score (nSPS) is 11.5. The topological polar surface area (TPSA) is 35.6 Å². The highest BCUT2D eigenvalue weighted by Crippen LogP contribution is 2.39. The maximum Gasteiger partial charge on any atom is 0.235 e. The Morgan fingerprint density at radius 3 is 1.09 bits per heavy atom. The molecule has 0 radical (unpaired) electrons. The number of hydrogen-bond acceptors (Lipinski definition) is 2. The molecule has 0 saturated carbocycles. The molecule has 4 heteroatoms. The van der Waals surface area contributed by atoms with Gasteiger partial charge in [-0.15, -0.1) is 0 Å². The summed E-state index contributed by atoms with van der Waals surface area (Å²) in [4.78, 5) is 10.8. The quantitative estimate of drug-likeness (QED) is 0.153. The van der Waals surface area contributed by atoms with Crippen molar-refractivity contribution in [2.75, 3.05) is 0 Å². The summed E-state index contributed by atoms with van der Waals surface area (Å²) in [6, 6.07) is 91.1. The van der Waals surface area contributed by atoms with Gasteiger partial charge in [0.2, 0.25) is 5.95 Å². The van der Waals surface area contributed by atoms with Crippen LogP contribution in [0.4, 0.5) is 0 Å². The Hall–Kier alpha value is -9.12. The van der Waals surface area contributed by atoms with Crippen LogP contribution in [0.15, 0.2) is 255 Å². The van der Waals surface area contributed by atoms with Crippen LogP contribution in [0, 0.1) is 0 Å². The summed E-state index contributed by atoms with van der Waals surface area (Å²) in [5.41, 5.74) is 18.7. The average molecular weight is 867 g/mol. The van der Waals surface area contributed by atoms with E-state index < -0.39 is 0 Å². The van der Waals surface area contributed by atoms with E-state index in [1.807, 2.05) is 0 Å². The smallest absolute Gasteiger partial charge is 0.235 e. The first kappa shape index (κ1) is 39.3. The molecule has 0 atom stereocenters. The number of benzene rings is 10. The van der Waals surface area contributed by atoms with Crippen molar-refractivity contribution in [2.45, 2.75) is 0 Å². The van der Waals surface area contributed by atoms with Crippen LogP contribution in [0.25, 0.3) is 122 Å². The molecule has 318 valence electrons. The van der Waals surface area contributed by atoms with Crippen molar-refractivity contribution in [3.8, 4) is 78.7 Å². The van der Waals surface area contributed by atoms with Crippen molar-refractivity contribution < 1.29 is 0 Å². The van der Waals surface area contributed by atoms with Crippen molar-refractivity contribution in [3.05, 3.63) is 255 Å². The van der Waals surface area contributed by atoms with Gasteiger partial charge in [0.15, 0.2) is 0 Å². The minimum atomic E-state index is 0.625. The fourth-order valence-corrected chi connectivity index (χ4v) is 10.0. The molecule has 10 aromatic carbocycles. The van der Waals surface area contributed by atoms with Crippen LogP contribution in [0.3, 0.4) is 0 Å². The Morgan fingerprint density at radius 2 is 0.574 bits per heavy atom. The zero-order valence-corrected chi connectivity index (χ0v) is 37.0. The molecule has 0 aliphatic heterocycles. The highest BCUT2D eigenvalue weighted by Gasteiger charge is 2.19. The zero-order valence-electron chi connectivity index (χ0n) is 37.0. The van der Waals surface area contributed by atoms with Crippen molar-refractivity contribution in [1.82, 2.24) is 19.1 Å². The lowest BCUT2D eigenvalue weighted by Gasteiger charge is -2.13. The number of para-hydroxylation sites is 3. The third-order valence-electron chi connectivity index (χ3n) is 13.4. The van der Waals surface area contributed by atoms with E-state index in [0.717, 1.165) is 83.4 Å². The Morgan fingerprint density at radius 1 is 0.221 bits per heavy atom. The van der Waals surface area contributed by atoms with Crippen LogP contribution >= 0.6 is 0 Å². The third kappa shape index (κ3) is 6.86. The zero-order chi connectivity index (χ0) is 45.0. The first-order valence-corrected chi connectivity index (χ1v) is 23.1. The summed E-state index contributed by atoms with van der Waals surface area (Å²) >= 11 is 0. The standard InChI is InChI=1S/C64H42N4/c1-4-16-43(17-5-1)47-20-14-22-51(38-47)58-42-59(52-23-15-21-48(39-52)44-18-6-2-7-19-44)66-64(65-58)68-61-29-13-11-27-55(61)57-41-50(35-37-63(57)68)46-32-30-45(31-33-46)49-34-36-62-56(40-49)54-26-10-12-28-60(54)67(62)53-24-8-3-9-25-53/h1-42H. The van der Waals surface area contributed by atoms with Crippen molar-refractivity contribution in [3.63, 3.8) is 0 Å². The van der Waals surface area contributed by atoms with Crippen LogP contribution in [0.5, 0.6) is 0 Å². The summed E-state index contributed by atoms with van der Waals surface area (Å²) < 4.78 is 4.60. The van der Waals surface area contributed by atoms with Gasteiger partial charge in [0.05, 0.1) is 33.5 Å². The lowest BCUT2D eigenvalue weighted by molar-refractivity contribution is 0.996. The van der Waals surface area contributed by atoms with Gasteiger partial charge in [-0.25, -0.2) is 9.97 Å². The predicted octanol–water partition coefficient (Wildman–Crippen LogP) is 16.7. The van der Waals surface area contributed by atoms with E-state index in [-0.39, 0.29) is 0 Å². The van der Waals surface area contributed by atoms with Crippen LogP contribution in [0.2, 0.25) is 0 Å². The Bertz CT molecular complexity index is 3900. The second-order valence-electron chi connectivity index (χ2n) is 17.4. The van der Waals surface area contributed by atoms with Gasteiger partial charge in [0.1, 0.15) is 0 Å². The maximum atomic E-state index is 5.41. The molecule has 0 aliphatic carbocycles. The second kappa shape index (κ2) is 16.4. The fourth-order valence-electron chi connectivity index (χ4n) is 10.0. The van der Waals surface area contributed by atoms with Crippen LogP contribution in [-0.4, -0.2) is 19.1 Å². The molecular formula is C64H42N4. The van der Waals surface area contributed by atoms with Crippen molar-refractivity contribution >= 4 is 43.6 Å². The van der Waals surface area contributed by atoms with Gasteiger partial charge in [0, 0.05) is 38.4 Å². The summed E-state index contributed by atoms with van der Waals surface area (Å²) in [5.74, 6) is 0.625. The van der Waals surface area contributed by atoms with Gasteiger partial charge in [-0.2, -0.15) is 0 Å². The molecule has 0 amide bonds.